The van der Waals surface area contributed by atoms with E-state index < -0.39 is 5.60 Å². The minimum atomic E-state index is -0.472. The number of nitrogens with zero attached hydrogens (tertiary/aromatic N) is 2. The molecule has 0 aliphatic heterocycles. The summed E-state index contributed by atoms with van der Waals surface area (Å²) in [5.74, 6) is 1.19. The molecule has 0 aliphatic carbocycles. The van der Waals surface area contributed by atoms with Gasteiger partial charge in [-0.1, -0.05) is 35.0 Å². The molecule has 2 rings (SSSR count). The molecular weight excluding hydrogens is 438 g/mol. The zero-order chi connectivity index (χ0) is 20.9. The van der Waals surface area contributed by atoms with Gasteiger partial charge >= 0.3 is 6.09 Å². The van der Waals surface area contributed by atoms with Gasteiger partial charge in [0.25, 0.3) is 0 Å². The first-order valence-electron chi connectivity index (χ1n) is 9.50. The van der Waals surface area contributed by atoms with E-state index in [2.05, 4.69) is 32.8 Å². The number of halogens is 1. The standard InChI is InChI=1S/C21H30BrN3O2S/c1-14(7-6-12-25(5)20(26)27-21(2,3)4)18(28)19-23-13-17(24-19)15-8-10-16(22)11-9-15/h8-11,13-14,18,28H,6-7,12H2,1-5H3,(H,23,24)/t14-,18-/m0/s1. The monoisotopic (exact) mass is 467 g/mol. The van der Waals surface area contributed by atoms with Crippen LogP contribution in [0.15, 0.2) is 34.9 Å². The molecule has 1 N–H and O–H groups in total. The van der Waals surface area contributed by atoms with Gasteiger partial charge in [0.2, 0.25) is 0 Å². The van der Waals surface area contributed by atoms with Crippen LogP contribution in [0.2, 0.25) is 0 Å². The lowest BCUT2D eigenvalue weighted by Crippen LogP contribution is -2.34. The largest absolute Gasteiger partial charge is 0.444 e. The number of ether oxygens (including phenoxy) is 1. The molecule has 7 heteroatoms. The Balaban J connectivity index is 1.85. The van der Waals surface area contributed by atoms with Crippen LogP contribution >= 0.6 is 28.6 Å². The Morgan fingerprint density at radius 2 is 1.96 bits per heavy atom. The molecule has 2 atom stereocenters. The van der Waals surface area contributed by atoms with Gasteiger partial charge in [-0.15, -0.1) is 0 Å². The quantitative estimate of drug-likeness (QED) is 0.484. The van der Waals surface area contributed by atoms with Gasteiger partial charge in [-0.3, -0.25) is 0 Å². The third-order valence-corrected chi connectivity index (χ3v) is 5.71. The van der Waals surface area contributed by atoms with Gasteiger partial charge in [0.15, 0.2) is 0 Å². The summed E-state index contributed by atoms with van der Waals surface area (Å²) in [6.45, 7) is 8.43. The van der Waals surface area contributed by atoms with Crippen LogP contribution < -0.4 is 0 Å². The molecule has 0 unspecified atom stereocenters. The van der Waals surface area contributed by atoms with Crippen molar-refractivity contribution in [3.8, 4) is 11.3 Å². The van der Waals surface area contributed by atoms with Crippen LogP contribution in [0, 0.1) is 5.92 Å². The fourth-order valence-electron chi connectivity index (χ4n) is 2.77. The predicted molar refractivity (Wildman–Crippen MR) is 121 cm³/mol. The van der Waals surface area contributed by atoms with Crippen molar-refractivity contribution in [3.63, 3.8) is 0 Å². The van der Waals surface area contributed by atoms with Crippen molar-refractivity contribution in [1.29, 1.82) is 0 Å². The number of rotatable bonds is 7. The van der Waals surface area contributed by atoms with Crippen LogP contribution in [-0.4, -0.2) is 40.2 Å². The Morgan fingerprint density at radius 3 is 2.57 bits per heavy atom. The summed E-state index contributed by atoms with van der Waals surface area (Å²) in [6, 6.07) is 8.12. The molecule has 0 fully saturated rings. The predicted octanol–water partition coefficient (Wildman–Crippen LogP) is 6.09. The maximum Gasteiger partial charge on any atom is 0.410 e. The van der Waals surface area contributed by atoms with Gasteiger partial charge in [0.05, 0.1) is 17.1 Å². The summed E-state index contributed by atoms with van der Waals surface area (Å²) in [7, 11) is 1.77. The highest BCUT2D eigenvalue weighted by Gasteiger charge is 2.21. The van der Waals surface area contributed by atoms with Gasteiger partial charge in [-0.25, -0.2) is 9.78 Å². The molecule has 1 aromatic heterocycles. The number of amides is 1. The Hall–Kier alpha value is -1.47. The number of H-pyrrole nitrogens is 1. The van der Waals surface area contributed by atoms with E-state index in [1.165, 1.54) is 0 Å². The fourth-order valence-corrected chi connectivity index (χ4v) is 3.32. The van der Waals surface area contributed by atoms with Crippen molar-refractivity contribution in [2.75, 3.05) is 13.6 Å². The summed E-state index contributed by atoms with van der Waals surface area (Å²) in [6.07, 6.45) is 3.39. The normalized spacial score (nSPS) is 13.8. The summed E-state index contributed by atoms with van der Waals surface area (Å²) in [4.78, 5) is 21.6. The Labute approximate surface area is 181 Å². The third-order valence-electron chi connectivity index (χ3n) is 4.43. The van der Waals surface area contributed by atoms with Crippen molar-refractivity contribution in [1.82, 2.24) is 14.9 Å². The van der Waals surface area contributed by atoms with Gasteiger partial charge in [0.1, 0.15) is 11.4 Å². The second kappa shape index (κ2) is 9.83. The van der Waals surface area contributed by atoms with Gasteiger partial charge in [-0.05, 0) is 57.2 Å². The average molecular weight is 468 g/mol. The van der Waals surface area contributed by atoms with E-state index in [9.17, 15) is 4.79 Å². The summed E-state index contributed by atoms with van der Waals surface area (Å²) in [5, 5.41) is 0.0102. The first kappa shape index (κ1) is 22.8. The molecule has 1 heterocycles. The highest BCUT2D eigenvalue weighted by molar-refractivity contribution is 9.10. The fraction of sp³-hybridized carbons (Fsp3) is 0.524. The molecular formula is C21H30BrN3O2S. The van der Waals surface area contributed by atoms with Gasteiger partial charge < -0.3 is 14.6 Å². The van der Waals surface area contributed by atoms with Crippen LogP contribution in [0.1, 0.15) is 51.6 Å². The topological polar surface area (TPSA) is 58.2 Å². The van der Waals surface area contributed by atoms with E-state index >= 15 is 0 Å². The molecule has 1 amide bonds. The van der Waals surface area contributed by atoms with Crippen LogP contribution in [0.25, 0.3) is 11.3 Å². The number of nitrogens with one attached hydrogen (secondary N) is 1. The first-order chi connectivity index (χ1) is 13.1. The molecule has 2 aromatic rings. The summed E-state index contributed by atoms with van der Waals surface area (Å²) < 4.78 is 6.43. The summed E-state index contributed by atoms with van der Waals surface area (Å²) in [5.41, 5.74) is 1.60. The Bertz CT molecular complexity index is 771. The second-order valence-electron chi connectivity index (χ2n) is 8.16. The van der Waals surface area contributed by atoms with E-state index in [0.717, 1.165) is 34.4 Å². The number of benzene rings is 1. The maximum absolute atomic E-state index is 12.0. The highest BCUT2D eigenvalue weighted by atomic mass is 79.9. The molecule has 0 saturated carbocycles. The molecule has 28 heavy (non-hydrogen) atoms. The number of hydrogen-bond donors (Lipinski definition) is 2. The van der Waals surface area contributed by atoms with Crippen LogP contribution in [0.5, 0.6) is 0 Å². The molecule has 0 bridgehead atoms. The van der Waals surface area contributed by atoms with E-state index in [-0.39, 0.29) is 11.3 Å². The number of hydrogen-bond acceptors (Lipinski definition) is 4. The minimum absolute atomic E-state index is 0.0102. The zero-order valence-electron chi connectivity index (χ0n) is 17.2. The molecule has 154 valence electrons. The van der Waals surface area contributed by atoms with Crippen LogP contribution in [0.4, 0.5) is 4.79 Å². The van der Waals surface area contributed by atoms with Crippen molar-refractivity contribution < 1.29 is 9.53 Å². The molecule has 0 saturated heterocycles. The van der Waals surface area contributed by atoms with Crippen molar-refractivity contribution >= 4 is 34.7 Å². The molecule has 5 nitrogen and oxygen atoms in total. The highest BCUT2D eigenvalue weighted by Crippen LogP contribution is 2.31. The van der Waals surface area contributed by atoms with Crippen LogP contribution in [-0.2, 0) is 4.74 Å². The van der Waals surface area contributed by atoms with E-state index in [4.69, 9.17) is 17.4 Å². The Kier molecular flexibility index (Phi) is 8.01. The lowest BCUT2D eigenvalue weighted by atomic mass is 10.0. The average Bonchev–Trinajstić information content (AvgIpc) is 3.10. The van der Waals surface area contributed by atoms with Gasteiger partial charge in [-0.2, -0.15) is 12.6 Å². The summed E-state index contributed by atoms with van der Waals surface area (Å²) >= 11 is 8.22. The lowest BCUT2D eigenvalue weighted by molar-refractivity contribution is 0.0294. The van der Waals surface area contributed by atoms with E-state index in [0.29, 0.717) is 12.5 Å². The lowest BCUT2D eigenvalue weighted by Gasteiger charge is -2.25. The van der Waals surface area contributed by atoms with E-state index in [1.54, 1.807) is 11.9 Å². The molecule has 0 radical (unpaired) electrons. The number of thiol groups is 1. The third kappa shape index (κ3) is 6.85. The zero-order valence-corrected chi connectivity index (χ0v) is 19.7. The number of aromatic amines is 1. The first-order valence-corrected chi connectivity index (χ1v) is 10.8. The maximum atomic E-state index is 12.0. The number of carbonyl (C=O) groups is 1. The van der Waals surface area contributed by atoms with Crippen LogP contribution in [0.3, 0.4) is 0 Å². The minimum Gasteiger partial charge on any atom is -0.444 e. The smallest absolute Gasteiger partial charge is 0.410 e. The van der Waals surface area contributed by atoms with Crippen molar-refractivity contribution in [3.05, 3.63) is 40.8 Å². The molecule has 0 spiro atoms. The molecule has 0 aliphatic rings. The molecule has 1 aromatic carbocycles. The van der Waals surface area contributed by atoms with Crippen molar-refractivity contribution in [2.45, 2.75) is 51.4 Å². The number of aromatic nitrogens is 2. The number of imidazole rings is 1. The van der Waals surface area contributed by atoms with E-state index in [1.807, 2.05) is 51.2 Å². The second-order valence-corrected chi connectivity index (χ2v) is 9.63. The Morgan fingerprint density at radius 1 is 1.32 bits per heavy atom. The van der Waals surface area contributed by atoms with Gasteiger partial charge in [0, 0.05) is 18.1 Å². The number of carbonyl (C=O) groups excluding carboxylic acids is 1. The van der Waals surface area contributed by atoms with Crippen molar-refractivity contribution in [2.24, 2.45) is 5.92 Å². The SMILES string of the molecule is C[C@@H](CCCN(C)C(=O)OC(C)(C)C)[C@H](S)c1ncc(-c2ccc(Br)cc2)[nH]1.